The fraction of sp³-hybridized carbons (Fsp3) is 0.900. The van der Waals surface area contributed by atoms with Gasteiger partial charge < -0.3 is 10.2 Å². The Morgan fingerprint density at radius 3 is 3.00 bits per heavy atom. The van der Waals surface area contributed by atoms with Crippen molar-refractivity contribution in [3.63, 3.8) is 0 Å². The normalized spacial score (nSPS) is 23.2. The average Bonchev–Trinajstić information content (AvgIpc) is 2.15. The van der Waals surface area contributed by atoms with Gasteiger partial charge in [0.1, 0.15) is 0 Å². The molecule has 3 heteroatoms. The van der Waals surface area contributed by atoms with Gasteiger partial charge >= 0.3 is 0 Å². The summed E-state index contributed by atoms with van der Waals surface area (Å²) in [7, 11) is 0. The van der Waals surface area contributed by atoms with Crippen LogP contribution in [0.25, 0.3) is 0 Å². The zero-order valence-electron chi connectivity index (χ0n) is 8.68. The average molecular weight is 184 g/mol. The zero-order chi connectivity index (χ0) is 9.68. The van der Waals surface area contributed by atoms with E-state index in [9.17, 15) is 4.79 Å². The van der Waals surface area contributed by atoms with E-state index in [1.807, 2.05) is 4.90 Å². The molecule has 0 unspecified atom stereocenters. The summed E-state index contributed by atoms with van der Waals surface area (Å²) in [4.78, 5) is 13.1. The van der Waals surface area contributed by atoms with Crippen molar-refractivity contribution >= 4 is 5.91 Å². The molecule has 1 heterocycles. The zero-order valence-corrected chi connectivity index (χ0v) is 8.68. The smallest absolute Gasteiger partial charge is 0.219 e. The van der Waals surface area contributed by atoms with E-state index in [-0.39, 0.29) is 5.91 Å². The highest BCUT2D eigenvalue weighted by molar-refractivity contribution is 5.73. The highest BCUT2D eigenvalue weighted by atomic mass is 16.2. The SMILES string of the molecule is CCNC[C@@H]1CCCN(C(C)=O)C1. The van der Waals surface area contributed by atoms with Crippen LogP contribution in [0.1, 0.15) is 26.7 Å². The van der Waals surface area contributed by atoms with E-state index in [1.54, 1.807) is 6.92 Å². The molecule has 1 rings (SSSR count). The Kier molecular flexibility index (Phi) is 4.22. The minimum atomic E-state index is 0.223. The van der Waals surface area contributed by atoms with Gasteiger partial charge in [-0.05, 0) is 31.8 Å². The van der Waals surface area contributed by atoms with Crippen LogP contribution in [0.4, 0.5) is 0 Å². The van der Waals surface area contributed by atoms with Crippen LogP contribution in [0.3, 0.4) is 0 Å². The van der Waals surface area contributed by atoms with Crippen LogP contribution in [0.5, 0.6) is 0 Å². The predicted octanol–water partition coefficient (Wildman–Crippen LogP) is 0.854. The number of rotatable bonds is 3. The van der Waals surface area contributed by atoms with Crippen LogP contribution in [0.2, 0.25) is 0 Å². The van der Waals surface area contributed by atoms with Gasteiger partial charge in [-0.2, -0.15) is 0 Å². The number of piperidine rings is 1. The molecule has 0 aromatic rings. The monoisotopic (exact) mass is 184 g/mol. The van der Waals surface area contributed by atoms with Gasteiger partial charge in [0, 0.05) is 20.0 Å². The van der Waals surface area contributed by atoms with Crippen LogP contribution >= 0.6 is 0 Å². The molecular weight excluding hydrogens is 164 g/mol. The van der Waals surface area contributed by atoms with Crippen LogP contribution in [0.15, 0.2) is 0 Å². The van der Waals surface area contributed by atoms with Gasteiger partial charge in [-0.3, -0.25) is 4.79 Å². The number of carbonyl (C=O) groups excluding carboxylic acids is 1. The molecule has 3 nitrogen and oxygen atoms in total. The van der Waals surface area contributed by atoms with Crippen molar-refractivity contribution in [1.82, 2.24) is 10.2 Å². The maximum Gasteiger partial charge on any atom is 0.219 e. The number of nitrogens with one attached hydrogen (secondary N) is 1. The number of nitrogens with zero attached hydrogens (tertiary/aromatic N) is 1. The summed E-state index contributed by atoms with van der Waals surface area (Å²) >= 11 is 0. The molecule has 13 heavy (non-hydrogen) atoms. The summed E-state index contributed by atoms with van der Waals surface area (Å²) in [5.41, 5.74) is 0. The molecule has 1 aliphatic rings. The van der Waals surface area contributed by atoms with Gasteiger partial charge in [0.15, 0.2) is 0 Å². The third kappa shape index (κ3) is 3.35. The fourth-order valence-corrected chi connectivity index (χ4v) is 1.87. The Labute approximate surface area is 80.5 Å². The van der Waals surface area contributed by atoms with Crippen molar-refractivity contribution in [3.05, 3.63) is 0 Å². The Morgan fingerprint density at radius 1 is 1.62 bits per heavy atom. The van der Waals surface area contributed by atoms with Gasteiger partial charge in [0.2, 0.25) is 5.91 Å². The summed E-state index contributed by atoms with van der Waals surface area (Å²) in [5.74, 6) is 0.888. The molecule has 0 aromatic heterocycles. The van der Waals surface area contributed by atoms with Crippen molar-refractivity contribution in [3.8, 4) is 0 Å². The van der Waals surface area contributed by atoms with Crippen LogP contribution in [-0.2, 0) is 4.79 Å². The van der Waals surface area contributed by atoms with Crippen molar-refractivity contribution < 1.29 is 4.79 Å². The minimum absolute atomic E-state index is 0.223. The molecule has 0 aromatic carbocycles. The van der Waals surface area contributed by atoms with Gasteiger partial charge in [0.25, 0.3) is 0 Å². The largest absolute Gasteiger partial charge is 0.343 e. The number of carbonyl (C=O) groups is 1. The van der Waals surface area contributed by atoms with Gasteiger partial charge in [0.05, 0.1) is 0 Å². The maximum absolute atomic E-state index is 11.1. The molecule has 0 aliphatic carbocycles. The summed E-state index contributed by atoms with van der Waals surface area (Å²) in [6, 6.07) is 0. The molecule has 1 saturated heterocycles. The molecule has 0 saturated carbocycles. The summed E-state index contributed by atoms with van der Waals surface area (Å²) < 4.78 is 0. The first-order valence-electron chi connectivity index (χ1n) is 5.20. The van der Waals surface area contributed by atoms with Crippen LogP contribution < -0.4 is 5.32 Å². The number of likely N-dealkylation sites (tertiary alicyclic amines) is 1. The van der Waals surface area contributed by atoms with E-state index in [2.05, 4.69) is 12.2 Å². The first-order valence-corrected chi connectivity index (χ1v) is 5.20. The van der Waals surface area contributed by atoms with Gasteiger partial charge in [-0.15, -0.1) is 0 Å². The lowest BCUT2D eigenvalue weighted by Gasteiger charge is -2.32. The highest BCUT2D eigenvalue weighted by Gasteiger charge is 2.20. The minimum Gasteiger partial charge on any atom is -0.343 e. The summed E-state index contributed by atoms with van der Waals surface area (Å²) in [6.07, 6.45) is 2.42. The molecular formula is C10H20N2O. The molecule has 1 fully saturated rings. The standard InChI is InChI=1S/C10H20N2O/c1-3-11-7-10-5-4-6-12(8-10)9(2)13/h10-11H,3-8H2,1-2H3/t10-/m0/s1. The molecule has 1 aliphatic heterocycles. The van der Waals surface area contributed by atoms with Crippen LogP contribution in [0, 0.1) is 5.92 Å². The number of hydrogen-bond donors (Lipinski definition) is 1. The molecule has 76 valence electrons. The van der Waals surface area contributed by atoms with Crippen molar-refractivity contribution in [2.45, 2.75) is 26.7 Å². The lowest BCUT2D eigenvalue weighted by Crippen LogP contribution is -2.41. The lowest BCUT2D eigenvalue weighted by atomic mass is 9.98. The molecule has 1 atom stereocenters. The third-order valence-electron chi connectivity index (χ3n) is 2.65. The van der Waals surface area contributed by atoms with Gasteiger partial charge in [-0.1, -0.05) is 6.92 Å². The molecule has 1 amide bonds. The Bertz CT molecular complexity index is 170. The Hall–Kier alpha value is -0.570. The quantitative estimate of drug-likeness (QED) is 0.705. The molecule has 0 spiro atoms. The third-order valence-corrected chi connectivity index (χ3v) is 2.65. The topological polar surface area (TPSA) is 32.3 Å². The van der Waals surface area contributed by atoms with Crippen molar-refractivity contribution in [2.75, 3.05) is 26.2 Å². The fourth-order valence-electron chi connectivity index (χ4n) is 1.87. The van der Waals surface area contributed by atoms with E-state index < -0.39 is 0 Å². The number of hydrogen-bond acceptors (Lipinski definition) is 2. The van der Waals surface area contributed by atoms with Crippen LogP contribution in [-0.4, -0.2) is 37.0 Å². The predicted molar refractivity (Wildman–Crippen MR) is 53.5 cm³/mol. The highest BCUT2D eigenvalue weighted by Crippen LogP contribution is 2.15. The second-order valence-electron chi connectivity index (χ2n) is 3.78. The van der Waals surface area contributed by atoms with Crippen molar-refractivity contribution in [2.24, 2.45) is 5.92 Å². The van der Waals surface area contributed by atoms with E-state index in [0.717, 1.165) is 32.6 Å². The van der Waals surface area contributed by atoms with Gasteiger partial charge in [-0.25, -0.2) is 0 Å². The maximum atomic E-state index is 11.1. The second kappa shape index (κ2) is 5.22. The molecule has 0 radical (unpaired) electrons. The second-order valence-corrected chi connectivity index (χ2v) is 3.78. The van der Waals surface area contributed by atoms with E-state index in [0.29, 0.717) is 5.92 Å². The first-order chi connectivity index (χ1) is 6.24. The lowest BCUT2D eigenvalue weighted by molar-refractivity contribution is -0.130. The molecule has 0 bridgehead atoms. The van der Waals surface area contributed by atoms with Crippen molar-refractivity contribution in [1.29, 1.82) is 0 Å². The number of amides is 1. The summed E-state index contributed by atoms with van der Waals surface area (Å²) in [5, 5.41) is 3.34. The van der Waals surface area contributed by atoms with E-state index >= 15 is 0 Å². The first kappa shape index (κ1) is 10.5. The Morgan fingerprint density at radius 2 is 2.38 bits per heavy atom. The van der Waals surface area contributed by atoms with E-state index in [1.165, 1.54) is 6.42 Å². The molecule has 1 N–H and O–H groups in total. The van der Waals surface area contributed by atoms with E-state index in [4.69, 9.17) is 0 Å². The summed E-state index contributed by atoms with van der Waals surface area (Å²) in [6.45, 7) is 7.76. The Balaban J connectivity index is 2.29.